The van der Waals surface area contributed by atoms with Gasteiger partial charge >= 0.3 is 0 Å². The van der Waals surface area contributed by atoms with E-state index in [1.165, 1.54) is 0 Å². The Balaban J connectivity index is 2.70. The number of ketones is 1. The molecule has 0 saturated carbocycles. The van der Waals surface area contributed by atoms with Gasteiger partial charge in [0, 0.05) is 17.0 Å². The molecule has 0 radical (unpaired) electrons. The van der Waals surface area contributed by atoms with Crippen LogP contribution in [-0.2, 0) is 16.0 Å². The fourth-order valence-electron chi connectivity index (χ4n) is 2.12. The molecule has 0 fully saturated rings. The van der Waals surface area contributed by atoms with E-state index in [9.17, 15) is 9.59 Å². The maximum absolute atomic E-state index is 12.3. The summed E-state index contributed by atoms with van der Waals surface area (Å²) in [6.07, 6.45) is 0.545. The molecule has 0 heterocycles. The normalized spacial score (nSPS) is 12.5. The summed E-state index contributed by atoms with van der Waals surface area (Å²) in [7, 11) is 0. The second kappa shape index (κ2) is 8.91. The fraction of sp³-hybridized carbons (Fsp3) is 0.529. The average Bonchev–Trinajstić information content (AvgIpc) is 2.43. The molecule has 0 aliphatic heterocycles. The number of carbonyl (C=O) groups excluding carboxylic acids is 2. The predicted molar refractivity (Wildman–Crippen MR) is 90.1 cm³/mol. The Morgan fingerprint density at radius 3 is 2.18 bits per heavy atom. The van der Waals surface area contributed by atoms with Crippen molar-refractivity contribution < 1.29 is 9.59 Å². The Morgan fingerprint density at radius 2 is 1.68 bits per heavy atom. The summed E-state index contributed by atoms with van der Waals surface area (Å²) in [5, 5.41) is 6.55. The summed E-state index contributed by atoms with van der Waals surface area (Å²) in [4.78, 5) is 24.1. The van der Waals surface area contributed by atoms with Gasteiger partial charge in [-0.05, 0) is 38.0 Å². The first kappa shape index (κ1) is 18.7. The standard InChI is InChI=1S/C17H25ClN2O2/c1-11(2)17(22)15(19-10-16(21)20-12(3)4)9-13-5-7-14(18)8-6-13/h5-8,11-12,15,19H,9-10H2,1-4H3,(H,20,21). The van der Waals surface area contributed by atoms with Gasteiger partial charge in [0.1, 0.15) is 0 Å². The summed E-state index contributed by atoms with van der Waals surface area (Å²) in [5.41, 5.74) is 1.01. The fourth-order valence-corrected chi connectivity index (χ4v) is 2.25. The van der Waals surface area contributed by atoms with Gasteiger partial charge in [0.25, 0.3) is 0 Å². The molecular formula is C17H25ClN2O2. The van der Waals surface area contributed by atoms with Gasteiger partial charge in [-0.2, -0.15) is 0 Å². The molecule has 0 saturated heterocycles. The molecule has 0 spiro atoms. The SMILES string of the molecule is CC(C)NC(=O)CNC(Cc1ccc(Cl)cc1)C(=O)C(C)C. The molecule has 2 N–H and O–H groups in total. The largest absolute Gasteiger partial charge is 0.353 e. The lowest BCUT2D eigenvalue weighted by atomic mass is 9.95. The van der Waals surface area contributed by atoms with E-state index in [0.29, 0.717) is 11.4 Å². The van der Waals surface area contributed by atoms with Crippen LogP contribution in [-0.4, -0.2) is 30.3 Å². The number of halogens is 1. The molecule has 22 heavy (non-hydrogen) atoms. The van der Waals surface area contributed by atoms with Gasteiger partial charge in [-0.25, -0.2) is 0 Å². The van der Waals surface area contributed by atoms with Gasteiger partial charge in [0.15, 0.2) is 5.78 Å². The van der Waals surface area contributed by atoms with Crippen molar-refractivity contribution in [1.82, 2.24) is 10.6 Å². The lowest BCUT2D eigenvalue weighted by Crippen LogP contribution is -2.46. The third kappa shape index (κ3) is 6.58. The Bertz CT molecular complexity index is 498. The number of benzene rings is 1. The molecule has 122 valence electrons. The minimum absolute atomic E-state index is 0.0852. The zero-order chi connectivity index (χ0) is 16.7. The first-order chi connectivity index (χ1) is 10.3. The Labute approximate surface area is 137 Å². The van der Waals surface area contributed by atoms with Crippen LogP contribution < -0.4 is 10.6 Å². The van der Waals surface area contributed by atoms with Crippen molar-refractivity contribution in [1.29, 1.82) is 0 Å². The smallest absolute Gasteiger partial charge is 0.234 e. The Morgan fingerprint density at radius 1 is 1.09 bits per heavy atom. The number of Topliss-reactive ketones (excluding diaryl/α,β-unsaturated/α-hetero) is 1. The number of amides is 1. The van der Waals surface area contributed by atoms with Crippen LogP contribution in [0.25, 0.3) is 0 Å². The van der Waals surface area contributed by atoms with E-state index in [4.69, 9.17) is 11.6 Å². The van der Waals surface area contributed by atoms with Gasteiger partial charge < -0.3 is 5.32 Å². The van der Waals surface area contributed by atoms with E-state index in [1.54, 1.807) is 12.1 Å². The van der Waals surface area contributed by atoms with Gasteiger partial charge in [-0.15, -0.1) is 0 Å². The van der Waals surface area contributed by atoms with E-state index in [-0.39, 0.29) is 36.2 Å². The van der Waals surface area contributed by atoms with Crippen LogP contribution in [0.4, 0.5) is 0 Å². The molecule has 0 bridgehead atoms. The highest BCUT2D eigenvalue weighted by Crippen LogP contribution is 2.13. The molecule has 1 atom stereocenters. The molecule has 1 unspecified atom stereocenters. The first-order valence-electron chi connectivity index (χ1n) is 7.60. The molecule has 0 aliphatic rings. The van der Waals surface area contributed by atoms with Crippen molar-refractivity contribution in [3.05, 3.63) is 34.9 Å². The Hall–Kier alpha value is -1.39. The maximum atomic E-state index is 12.3. The van der Waals surface area contributed by atoms with Gasteiger partial charge in [-0.3, -0.25) is 14.9 Å². The highest BCUT2D eigenvalue weighted by Gasteiger charge is 2.22. The summed E-state index contributed by atoms with van der Waals surface area (Å²) in [5.74, 6) is -0.0853. The monoisotopic (exact) mass is 324 g/mol. The zero-order valence-electron chi connectivity index (χ0n) is 13.7. The summed E-state index contributed by atoms with van der Waals surface area (Å²) >= 11 is 5.88. The van der Waals surface area contributed by atoms with Crippen LogP contribution >= 0.6 is 11.6 Å². The first-order valence-corrected chi connectivity index (χ1v) is 7.98. The van der Waals surface area contributed by atoms with Crippen molar-refractivity contribution in [2.75, 3.05) is 6.54 Å². The molecule has 4 nitrogen and oxygen atoms in total. The molecule has 1 rings (SSSR count). The number of nitrogens with one attached hydrogen (secondary N) is 2. The van der Waals surface area contributed by atoms with Crippen molar-refractivity contribution in [3.8, 4) is 0 Å². The molecule has 1 aromatic carbocycles. The van der Waals surface area contributed by atoms with Crippen molar-refractivity contribution >= 4 is 23.3 Å². The van der Waals surface area contributed by atoms with Crippen LogP contribution in [0.2, 0.25) is 5.02 Å². The quantitative estimate of drug-likeness (QED) is 0.772. The number of hydrogen-bond acceptors (Lipinski definition) is 3. The molecule has 1 amide bonds. The van der Waals surface area contributed by atoms with Crippen molar-refractivity contribution in [2.24, 2.45) is 5.92 Å². The van der Waals surface area contributed by atoms with E-state index in [1.807, 2.05) is 39.8 Å². The van der Waals surface area contributed by atoms with E-state index >= 15 is 0 Å². The average molecular weight is 325 g/mol. The van der Waals surface area contributed by atoms with E-state index in [0.717, 1.165) is 5.56 Å². The van der Waals surface area contributed by atoms with Crippen LogP contribution in [0, 0.1) is 5.92 Å². The predicted octanol–water partition coefficient (Wildman–Crippen LogP) is 2.59. The number of carbonyl (C=O) groups is 2. The number of rotatable bonds is 8. The highest BCUT2D eigenvalue weighted by molar-refractivity contribution is 6.30. The van der Waals surface area contributed by atoms with Crippen LogP contribution in [0.5, 0.6) is 0 Å². The minimum Gasteiger partial charge on any atom is -0.353 e. The van der Waals surface area contributed by atoms with Crippen LogP contribution in [0.15, 0.2) is 24.3 Å². The summed E-state index contributed by atoms with van der Waals surface area (Å²) in [6, 6.07) is 7.12. The molecule has 5 heteroatoms. The zero-order valence-corrected chi connectivity index (χ0v) is 14.4. The highest BCUT2D eigenvalue weighted by atomic mass is 35.5. The second-order valence-electron chi connectivity index (χ2n) is 6.04. The molecular weight excluding hydrogens is 300 g/mol. The van der Waals surface area contributed by atoms with Crippen molar-refractivity contribution in [3.63, 3.8) is 0 Å². The van der Waals surface area contributed by atoms with Gasteiger partial charge in [-0.1, -0.05) is 37.6 Å². The third-order valence-electron chi connectivity index (χ3n) is 3.22. The maximum Gasteiger partial charge on any atom is 0.234 e. The second-order valence-corrected chi connectivity index (χ2v) is 6.48. The topological polar surface area (TPSA) is 58.2 Å². The summed E-state index contributed by atoms with van der Waals surface area (Å²) in [6.45, 7) is 7.68. The third-order valence-corrected chi connectivity index (χ3v) is 3.48. The Kier molecular flexibility index (Phi) is 7.56. The van der Waals surface area contributed by atoms with Gasteiger partial charge in [0.2, 0.25) is 5.91 Å². The molecule has 0 aromatic heterocycles. The molecule has 1 aromatic rings. The van der Waals surface area contributed by atoms with E-state index in [2.05, 4.69) is 10.6 Å². The minimum atomic E-state index is -0.376. The summed E-state index contributed by atoms with van der Waals surface area (Å²) < 4.78 is 0. The van der Waals surface area contributed by atoms with Gasteiger partial charge in [0.05, 0.1) is 12.6 Å². The van der Waals surface area contributed by atoms with Crippen LogP contribution in [0.3, 0.4) is 0 Å². The van der Waals surface area contributed by atoms with Crippen LogP contribution in [0.1, 0.15) is 33.3 Å². The lowest BCUT2D eigenvalue weighted by molar-refractivity contribution is -0.124. The lowest BCUT2D eigenvalue weighted by Gasteiger charge is -2.20. The molecule has 0 aliphatic carbocycles. The number of hydrogen-bond donors (Lipinski definition) is 2. The van der Waals surface area contributed by atoms with E-state index < -0.39 is 0 Å². The van der Waals surface area contributed by atoms with Crippen molar-refractivity contribution in [2.45, 2.75) is 46.2 Å².